The van der Waals surface area contributed by atoms with Crippen molar-refractivity contribution in [2.45, 2.75) is 70.2 Å². The number of rotatable bonds is 10. The first-order valence-corrected chi connectivity index (χ1v) is 19.6. The van der Waals surface area contributed by atoms with Gasteiger partial charge in [0.25, 0.3) is 5.91 Å². The number of halogens is 2. The molecule has 1 aromatic carbocycles. The molecule has 1 saturated carbocycles. The largest absolute Gasteiger partial charge is 0.361 e. The molecule has 11 nitrogen and oxygen atoms in total. The van der Waals surface area contributed by atoms with E-state index < -0.39 is 14.1 Å². The molecule has 1 aliphatic heterocycles. The number of carbonyl (C=O) groups is 2. The first-order chi connectivity index (χ1) is 21.0. The fourth-order valence-corrected chi connectivity index (χ4v) is 6.59. The molecule has 0 spiro atoms. The molecule has 1 atom stereocenters. The van der Waals surface area contributed by atoms with E-state index in [2.05, 4.69) is 30.1 Å². The number of likely N-dealkylation sites (tertiary alicyclic amines) is 1. The van der Waals surface area contributed by atoms with Gasteiger partial charge < -0.3 is 25.3 Å². The lowest BCUT2D eigenvalue weighted by atomic mass is 10.0. The summed E-state index contributed by atoms with van der Waals surface area (Å²) >= 11 is 12.5. The molecule has 0 unspecified atom stereocenters. The summed E-state index contributed by atoms with van der Waals surface area (Å²) in [5.74, 6) is 0.115. The van der Waals surface area contributed by atoms with Gasteiger partial charge >= 0.3 is 0 Å². The van der Waals surface area contributed by atoms with E-state index in [-0.39, 0.29) is 30.5 Å². The quantitative estimate of drug-likeness (QED) is 0.184. The zero-order chi connectivity index (χ0) is 31.2. The second-order valence-corrected chi connectivity index (χ2v) is 19.5. The van der Waals surface area contributed by atoms with Crippen LogP contribution in [0.5, 0.6) is 0 Å². The van der Waals surface area contributed by atoms with Crippen molar-refractivity contribution < 1.29 is 14.3 Å². The molecule has 3 N–H and O–H groups in total. The van der Waals surface area contributed by atoms with Gasteiger partial charge in [0.05, 0.1) is 33.5 Å². The molecule has 1 aliphatic carbocycles. The van der Waals surface area contributed by atoms with Crippen molar-refractivity contribution in [1.29, 1.82) is 0 Å². The standard InChI is InChI=1S/C30H38Cl2N8O3Si/c1-44(2,3)11-10-43-17-39-16-21(29(41)37-26(18-4-5-18)30(42)38-8-6-20(33)7-9-38)27-28(39)34-15-25(36-27)40-24-13-23(32)22(31)12-19(24)14-35-40/h12-16,18,20,26H,4-11,17,33H2,1-3H3,(H,37,41)/t26-/m1/s1. The van der Waals surface area contributed by atoms with Crippen LogP contribution < -0.4 is 11.1 Å². The number of nitrogens with two attached hydrogens (primary N) is 1. The Bertz CT molecular complexity index is 1710. The maximum Gasteiger partial charge on any atom is 0.255 e. The predicted molar refractivity (Wildman–Crippen MR) is 174 cm³/mol. The highest BCUT2D eigenvalue weighted by Crippen LogP contribution is 2.34. The van der Waals surface area contributed by atoms with Gasteiger partial charge in [-0.3, -0.25) is 9.59 Å². The molecule has 2 amide bonds. The zero-order valence-corrected chi connectivity index (χ0v) is 27.7. The van der Waals surface area contributed by atoms with Crippen molar-refractivity contribution in [3.8, 4) is 5.82 Å². The number of piperidine rings is 1. The number of ether oxygens (including phenoxy) is 1. The van der Waals surface area contributed by atoms with Crippen LogP contribution in [0.2, 0.25) is 35.7 Å². The van der Waals surface area contributed by atoms with Gasteiger partial charge in [-0.2, -0.15) is 5.10 Å². The number of nitrogens with one attached hydrogen (secondary N) is 1. The number of carbonyl (C=O) groups excluding carboxylic acids is 2. The van der Waals surface area contributed by atoms with Gasteiger partial charge in [-0.15, -0.1) is 0 Å². The molecular weight excluding hydrogens is 619 g/mol. The fraction of sp³-hybridized carbons (Fsp3) is 0.500. The Morgan fingerprint density at radius 3 is 2.55 bits per heavy atom. The highest BCUT2D eigenvalue weighted by Gasteiger charge is 2.40. The first-order valence-electron chi connectivity index (χ1n) is 15.1. The molecule has 14 heteroatoms. The molecule has 0 radical (unpaired) electrons. The lowest BCUT2D eigenvalue weighted by molar-refractivity contribution is -0.134. The van der Waals surface area contributed by atoms with Crippen LogP contribution in [0.15, 0.2) is 30.7 Å². The van der Waals surface area contributed by atoms with E-state index >= 15 is 0 Å². The Hall–Kier alpha value is -3.03. The fourth-order valence-electron chi connectivity index (χ4n) is 5.50. The van der Waals surface area contributed by atoms with E-state index in [1.165, 1.54) is 0 Å². The summed E-state index contributed by atoms with van der Waals surface area (Å²) in [6, 6.07) is 4.00. The summed E-state index contributed by atoms with van der Waals surface area (Å²) in [4.78, 5) is 38.9. The van der Waals surface area contributed by atoms with Crippen LogP contribution >= 0.6 is 23.2 Å². The van der Waals surface area contributed by atoms with Gasteiger partial charge in [-0.05, 0) is 49.8 Å². The van der Waals surface area contributed by atoms with Crippen LogP contribution in [0.4, 0.5) is 0 Å². The maximum atomic E-state index is 13.9. The molecule has 3 aromatic heterocycles. The smallest absolute Gasteiger partial charge is 0.255 e. The molecule has 1 saturated heterocycles. The number of benzene rings is 1. The van der Waals surface area contributed by atoms with Crippen molar-refractivity contribution in [3.05, 3.63) is 46.3 Å². The van der Waals surface area contributed by atoms with Gasteiger partial charge in [0.2, 0.25) is 5.91 Å². The Kier molecular flexibility index (Phi) is 8.73. The average molecular weight is 658 g/mol. The maximum absolute atomic E-state index is 13.9. The van der Waals surface area contributed by atoms with Gasteiger partial charge in [0, 0.05) is 45.4 Å². The molecule has 2 fully saturated rings. The first kappa shape index (κ1) is 31.0. The number of hydrogen-bond donors (Lipinski definition) is 2. The summed E-state index contributed by atoms with van der Waals surface area (Å²) in [6.07, 6.45) is 8.33. The van der Waals surface area contributed by atoms with E-state index in [4.69, 9.17) is 43.6 Å². The number of amides is 2. The molecule has 44 heavy (non-hydrogen) atoms. The number of fused-ring (bicyclic) bond motifs is 2. The van der Waals surface area contributed by atoms with Gasteiger partial charge in [0.15, 0.2) is 11.5 Å². The molecule has 4 heterocycles. The normalized spacial score (nSPS) is 17.0. The third-order valence-corrected chi connectivity index (χ3v) is 10.8. The highest BCUT2D eigenvalue weighted by molar-refractivity contribution is 6.76. The van der Waals surface area contributed by atoms with Crippen LogP contribution in [-0.4, -0.2) is 80.9 Å². The second-order valence-electron chi connectivity index (χ2n) is 13.1. The third kappa shape index (κ3) is 6.64. The van der Waals surface area contributed by atoms with Crippen molar-refractivity contribution in [2.24, 2.45) is 11.7 Å². The van der Waals surface area contributed by atoms with Crippen LogP contribution in [0.3, 0.4) is 0 Å². The van der Waals surface area contributed by atoms with Crippen molar-refractivity contribution in [1.82, 2.24) is 34.5 Å². The summed E-state index contributed by atoms with van der Waals surface area (Å²) in [5, 5.41) is 9.16. The summed E-state index contributed by atoms with van der Waals surface area (Å²) in [6.45, 7) is 8.94. The molecule has 6 rings (SSSR count). The van der Waals surface area contributed by atoms with Crippen molar-refractivity contribution in [3.63, 3.8) is 0 Å². The van der Waals surface area contributed by atoms with E-state index in [1.807, 2.05) is 4.90 Å². The average Bonchev–Trinajstić information content (AvgIpc) is 3.65. The minimum atomic E-state index is -1.28. The topological polar surface area (TPSA) is 133 Å². The minimum absolute atomic E-state index is 0.0449. The molecule has 0 bridgehead atoms. The van der Waals surface area contributed by atoms with Crippen LogP contribution in [0, 0.1) is 5.92 Å². The molecule has 234 valence electrons. The van der Waals surface area contributed by atoms with Crippen LogP contribution in [-0.2, 0) is 16.3 Å². The van der Waals surface area contributed by atoms with E-state index in [0.29, 0.717) is 57.8 Å². The third-order valence-electron chi connectivity index (χ3n) is 8.35. The lowest BCUT2D eigenvalue weighted by Gasteiger charge is -2.33. The molecule has 4 aromatic rings. The van der Waals surface area contributed by atoms with E-state index in [1.54, 1.807) is 40.0 Å². The zero-order valence-electron chi connectivity index (χ0n) is 25.2. The van der Waals surface area contributed by atoms with Gasteiger partial charge in [-0.25, -0.2) is 14.6 Å². The van der Waals surface area contributed by atoms with Crippen LogP contribution in [0.25, 0.3) is 27.9 Å². The second kappa shape index (κ2) is 12.4. The van der Waals surface area contributed by atoms with Crippen molar-refractivity contribution in [2.75, 3.05) is 19.7 Å². The number of hydrogen-bond acceptors (Lipinski definition) is 7. The summed E-state index contributed by atoms with van der Waals surface area (Å²) < 4.78 is 9.43. The van der Waals surface area contributed by atoms with E-state index in [9.17, 15) is 9.59 Å². The highest BCUT2D eigenvalue weighted by atomic mass is 35.5. The molecular formula is C30H38Cl2N8O3Si. The Labute approximate surface area is 267 Å². The van der Waals surface area contributed by atoms with Gasteiger partial charge in [-0.1, -0.05) is 42.8 Å². The SMILES string of the molecule is C[Si](C)(C)CCOCn1cc(C(=O)N[C@@H](C(=O)N2CCC(N)CC2)C2CC2)c2nc(-n3ncc4cc(Cl)c(Cl)cc43)cnc21. The predicted octanol–water partition coefficient (Wildman–Crippen LogP) is 4.85. The number of nitrogens with zero attached hydrogens (tertiary/aromatic N) is 6. The monoisotopic (exact) mass is 656 g/mol. The van der Waals surface area contributed by atoms with Gasteiger partial charge in [0.1, 0.15) is 18.3 Å². The molecule has 2 aliphatic rings. The summed E-state index contributed by atoms with van der Waals surface area (Å²) in [7, 11) is -1.28. The lowest BCUT2D eigenvalue weighted by Crippen LogP contribution is -2.53. The Morgan fingerprint density at radius 1 is 1.11 bits per heavy atom. The Balaban J connectivity index is 1.33. The minimum Gasteiger partial charge on any atom is -0.361 e. The van der Waals surface area contributed by atoms with Crippen molar-refractivity contribution >= 4 is 65.2 Å². The number of aromatic nitrogens is 5. The summed E-state index contributed by atoms with van der Waals surface area (Å²) in [5.41, 5.74) is 7.98. The Morgan fingerprint density at radius 2 is 1.84 bits per heavy atom. The van der Waals surface area contributed by atoms with Crippen LogP contribution in [0.1, 0.15) is 36.0 Å². The van der Waals surface area contributed by atoms with E-state index in [0.717, 1.165) is 37.1 Å².